The number of nitrogens with two attached hydrogens (primary N) is 1. The lowest BCUT2D eigenvalue weighted by molar-refractivity contribution is 0.370. The topological polar surface area (TPSA) is 50.1 Å². The van der Waals surface area contributed by atoms with Gasteiger partial charge < -0.3 is 5.73 Å². The zero-order valence-corrected chi connectivity index (χ0v) is 9.27. The number of hydrogen-bond donors (Lipinski definition) is 3. The fraction of sp³-hybridized carbons (Fsp3) is 0.500. The summed E-state index contributed by atoms with van der Waals surface area (Å²) in [7, 11) is 0. The number of hydrogen-bond acceptors (Lipinski definition) is 3. The highest BCUT2D eigenvalue weighted by Crippen LogP contribution is 2.27. The predicted octanol–water partition coefficient (Wildman–Crippen LogP) is 1.19. The van der Waals surface area contributed by atoms with Crippen molar-refractivity contribution in [1.29, 1.82) is 0 Å². The number of nitrogens with one attached hydrogen (secondary N) is 2. The van der Waals surface area contributed by atoms with Gasteiger partial charge in [0.05, 0.1) is 0 Å². The molecule has 3 atom stereocenters. The fourth-order valence-corrected chi connectivity index (χ4v) is 2.41. The maximum Gasteiger partial charge on any atom is 0.0354 e. The lowest BCUT2D eigenvalue weighted by Gasteiger charge is -2.25. The zero-order chi connectivity index (χ0) is 10.8. The third-order valence-corrected chi connectivity index (χ3v) is 3.29. The van der Waals surface area contributed by atoms with Crippen molar-refractivity contribution in [2.75, 3.05) is 0 Å². The molecule has 3 heteroatoms. The molecule has 2 rings (SSSR count). The van der Waals surface area contributed by atoms with Crippen LogP contribution in [0.25, 0.3) is 0 Å². The van der Waals surface area contributed by atoms with Crippen LogP contribution in [0.4, 0.5) is 0 Å². The molecule has 15 heavy (non-hydrogen) atoms. The molecule has 0 saturated carbocycles. The number of rotatable bonds is 2. The molecule has 1 heterocycles. The average molecular weight is 205 g/mol. The monoisotopic (exact) mass is 205 g/mol. The lowest BCUT2D eigenvalue weighted by atomic mass is 9.85. The van der Waals surface area contributed by atoms with E-state index in [9.17, 15) is 0 Å². The standard InChI is InChI=1S/C12H19N3/c1-8-11(9(2)15-14-8)12(13)10-6-4-3-5-7-10/h3-9,11-12,14-15H,13H2,1-2H3. The molecule has 1 aromatic rings. The molecule has 0 amide bonds. The largest absolute Gasteiger partial charge is 0.324 e. The van der Waals surface area contributed by atoms with E-state index in [-0.39, 0.29) is 6.04 Å². The Labute approximate surface area is 91.0 Å². The van der Waals surface area contributed by atoms with Crippen LogP contribution in [0.1, 0.15) is 25.5 Å². The molecule has 1 fully saturated rings. The molecule has 0 aliphatic carbocycles. The van der Waals surface area contributed by atoms with Crippen molar-refractivity contribution in [3.8, 4) is 0 Å². The molecular formula is C12H19N3. The van der Waals surface area contributed by atoms with Crippen molar-refractivity contribution in [3.05, 3.63) is 35.9 Å². The van der Waals surface area contributed by atoms with Gasteiger partial charge in [0.15, 0.2) is 0 Å². The average Bonchev–Trinajstić information content (AvgIpc) is 2.59. The van der Waals surface area contributed by atoms with Crippen molar-refractivity contribution in [2.24, 2.45) is 11.7 Å². The van der Waals surface area contributed by atoms with Gasteiger partial charge in [0.25, 0.3) is 0 Å². The summed E-state index contributed by atoms with van der Waals surface area (Å²) in [6, 6.07) is 11.2. The first-order chi connectivity index (χ1) is 7.20. The maximum atomic E-state index is 6.30. The molecule has 3 unspecified atom stereocenters. The Hall–Kier alpha value is -0.900. The van der Waals surface area contributed by atoms with E-state index in [4.69, 9.17) is 5.73 Å². The zero-order valence-electron chi connectivity index (χ0n) is 9.27. The van der Waals surface area contributed by atoms with E-state index in [1.165, 1.54) is 5.56 Å². The summed E-state index contributed by atoms with van der Waals surface area (Å²) in [5.41, 5.74) is 14.0. The Kier molecular flexibility index (Phi) is 3.05. The molecule has 0 spiro atoms. The van der Waals surface area contributed by atoms with Crippen LogP contribution in [0.3, 0.4) is 0 Å². The minimum absolute atomic E-state index is 0.0960. The van der Waals surface area contributed by atoms with Gasteiger partial charge in [-0.3, -0.25) is 10.9 Å². The summed E-state index contributed by atoms with van der Waals surface area (Å²) in [6.45, 7) is 4.34. The quantitative estimate of drug-likeness (QED) is 0.679. The molecule has 1 aromatic carbocycles. The van der Waals surface area contributed by atoms with Crippen molar-refractivity contribution >= 4 is 0 Å². The lowest BCUT2D eigenvalue weighted by Crippen LogP contribution is -2.34. The third kappa shape index (κ3) is 2.04. The van der Waals surface area contributed by atoms with Crippen LogP contribution < -0.4 is 16.6 Å². The van der Waals surface area contributed by atoms with Crippen LogP contribution in [-0.2, 0) is 0 Å². The van der Waals surface area contributed by atoms with Crippen LogP contribution in [0.15, 0.2) is 30.3 Å². The van der Waals surface area contributed by atoms with Crippen LogP contribution in [0.2, 0.25) is 0 Å². The number of benzene rings is 1. The molecule has 1 aliphatic heterocycles. The van der Waals surface area contributed by atoms with E-state index in [1.54, 1.807) is 0 Å². The molecule has 3 nitrogen and oxygen atoms in total. The van der Waals surface area contributed by atoms with Crippen LogP contribution in [-0.4, -0.2) is 12.1 Å². The molecule has 1 saturated heterocycles. The minimum atomic E-state index is 0.0960. The first-order valence-corrected chi connectivity index (χ1v) is 5.51. The Morgan fingerprint density at radius 3 is 2.13 bits per heavy atom. The normalized spacial score (nSPS) is 32.9. The Balaban J connectivity index is 2.17. The molecule has 0 radical (unpaired) electrons. The predicted molar refractivity (Wildman–Crippen MR) is 62.1 cm³/mol. The SMILES string of the molecule is CC1NNC(C)C1C(N)c1ccccc1. The second-order valence-corrected chi connectivity index (χ2v) is 4.38. The Bertz CT molecular complexity index is 302. The smallest absolute Gasteiger partial charge is 0.0354 e. The van der Waals surface area contributed by atoms with E-state index in [0.717, 1.165) is 0 Å². The highest BCUT2D eigenvalue weighted by atomic mass is 15.4. The van der Waals surface area contributed by atoms with Gasteiger partial charge in [-0.1, -0.05) is 30.3 Å². The highest BCUT2D eigenvalue weighted by Gasteiger charge is 2.34. The van der Waals surface area contributed by atoms with Gasteiger partial charge >= 0.3 is 0 Å². The molecule has 0 aromatic heterocycles. The van der Waals surface area contributed by atoms with E-state index in [2.05, 4.69) is 36.8 Å². The molecule has 82 valence electrons. The second-order valence-electron chi connectivity index (χ2n) is 4.38. The molecule has 4 N–H and O–H groups in total. The summed E-state index contributed by atoms with van der Waals surface area (Å²) < 4.78 is 0. The van der Waals surface area contributed by atoms with E-state index in [1.807, 2.05) is 18.2 Å². The van der Waals surface area contributed by atoms with E-state index in [0.29, 0.717) is 18.0 Å². The summed E-state index contributed by atoms with van der Waals surface area (Å²) in [4.78, 5) is 0. The van der Waals surface area contributed by atoms with Gasteiger partial charge in [-0.25, -0.2) is 0 Å². The van der Waals surface area contributed by atoms with Gasteiger partial charge in [0, 0.05) is 24.0 Å². The summed E-state index contributed by atoms with van der Waals surface area (Å²) in [5.74, 6) is 0.437. The van der Waals surface area contributed by atoms with Crippen molar-refractivity contribution in [1.82, 2.24) is 10.9 Å². The van der Waals surface area contributed by atoms with Gasteiger partial charge in [0.1, 0.15) is 0 Å². The van der Waals surface area contributed by atoms with Crippen LogP contribution >= 0.6 is 0 Å². The van der Waals surface area contributed by atoms with Crippen molar-refractivity contribution in [2.45, 2.75) is 32.0 Å². The summed E-state index contributed by atoms with van der Waals surface area (Å²) in [5, 5.41) is 0. The minimum Gasteiger partial charge on any atom is -0.324 e. The molecule has 1 aliphatic rings. The van der Waals surface area contributed by atoms with Crippen molar-refractivity contribution < 1.29 is 0 Å². The Morgan fingerprint density at radius 2 is 1.60 bits per heavy atom. The van der Waals surface area contributed by atoms with Gasteiger partial charge in [0.2, 0.25) is 0 Å². The second kappa shape index (κ2) is 4.31. The third-order valence-electron chi connectivity index (χ3n) is 3.29. The maximum absolute atomic E-state index is 6.30. The number of hydrazine groups is 1. The van der Waals surface area contributed by atoms with Crippen LogP contribution in [0, 0.1) is 5.92 Å². The first kappa shape index (κ1) is 10.6. The molecule has 0 bridgehead atoms. The Morgan fingerprint density at radius 1 is 1.07 bits per heavy atom. The van der Waals surface area contributed by atoms with Gasteiger partial charge in [-0.15, -0.1) is 0 Å². The first-order valence-electron chi connectivity index (χ1n) is 5.51. The van der Waals surface area contributed by atoms with E-state index >= 15 is 0 Å². The van der Waals surface area contributed by atoms with Gasteiger partial charge in [-0.05, 0) is 19.4 Å². The van der Waals surface area contributed by atoms with E-state index < -0.39 is 0 Å². The van der Waals surface area contributed by atoms with Crippen LogP contribution in [0.5, 0.6) is 0 Å². The molecular weight excluding hydrogens is 186 g/mol. The highest BCUT2D eigenvalue weighted by molar-refractivity contribution is 5.20. The summed E-state index contributed by atoms with van der Waals surface area (Å²) in [6.07, 6.45) is 0. The van der Waals surface area contributed by atoms with Crippen molar-refractivity contribution in [3.63, 3.8) is 0 Å². The summed E-state index contributed by atoms with van der Waals surface area (Å²) >= 11 is 0. The van der Waals surface area contributed by atoms with Gasteiger partial charge in [-0.2, -0.15) is 0 Å². The fourth-order valence-electron chi connectivity index (χ4n) is 2.41.